The van der Waals surface area contributed by atoms with Crippen molar-refractivity contribution in [2.24, 2.45) is 17.6 Å². The first-order chi connectivity index (χ1) is 9.81. The molecule has 0 aromatic rings. The Hall–Kier alpha value is -0.120. The van der Waals surface area contributed by atoms with Crippen LogP contribution in [0.15, 0.2) is 0 Å². The van der Waals surface area contributed by atoms with E-state index in [1.165, 1.54) is 51.4 Å². The van der Waals surface area contributed by atoms with Gasteiger partial charge in [-0.25, -0.2) is 0 Å². The Morgan fingerprint density at radius 3 is 2.60 bits per heavy atom. The van der Waals surface area contributed by atoms with Gasteiger partial charge in [0.25, 0.3) is 0 Å². The summed E-state index contributed by atoms with van der Waals surface area (Å²) in [6.45, 7) is 2.67. The van der Waals surface area contributed by atoms with Crippen LogP contribution < -0.4 is 5.73 Å². The molecule has 1 saturated heterocycles. The minimum absolute atomic E-state index is 0.171. The highest BCUT2D eigenvalue weighted by atomic mass is 16.5. The third-order valence-electron chi connectivity index (χ3n) is 5.88. The smallest absolute Gasteiger partial charge is 0.0707 e. The van der Waals surface area contributed by atoms with E-state index in [0.29, 0.717) is 17.9 Å². The third kappa shape index (κ3) is 3.37. The van der Waals surface area contributed by atoms with Gasteiger partial charge in [-0.15, -0.1) is 0 Å². The molecule has 3 aliphatic rings. The lowest BCUT2D eigenvalue weighted by Gasteiger charge is -2.43. The second-order valence-corrected chi connectivity index (χ2v) is 7.23. The van der Waals surface area contributed by atoms with E-state index < -0.39 is 0 Å². The Labute approximate surface area is 123 Å². The molecule has 3 rings (SSSR count). The van der Waals surface area contributed by atoms with Crippen molar-refractivity contribution in [2.45, 2.75) is 75.9 Å². The van der Waals surface area contributed by atoms with E-state index in [-0.39, 0.29) is 5.60 Å². The van der Waals surface area contributed by atoms with Gasteiger partial charge in [-0.2, -0.15) is 0 Å². The van der Waals surface area contributed by atoms with Crippen molar-refractivity contribution in [3.63, 3.8) is 0 Å². The van der Waals surface area contributed by atoms with Crippen molar-refractivity contribution in [1.82, 2.24) is 0 Å². The molecule has 1 aliphatic heterocycles. The van der Waals surface area contributed by atoms with Crippen LogP contribution in [0.3, 0.4) is 0 Å². The summed E-state index contributed by atoms with van der Waals surface area (Å²) in [5.74, 6) is 1.42. The third-order valence-corrected chi connectivity index (χ3v) is 5.88. The lowest BCUT2D eigenvalue weighted by Crippen LogP contribution is -2.44. The Morgan fingerprint density at radius 1 is 1.00 bits per heavy atom. The number of nitrogens with two attached hydrogens (primary N) is 1. The molecule has 0 amide bonds. The van der Waals surface area contributed by atoms with Gasteiger partial charge in [0, 0.05) is 13.0 Å². The summed E-state index contributed by atoms with van der Waals surface area (Å²) >= 11 is 0. The average Bonchev–Trinajstić information content (AvgIpc) is 2.93. The van der Waals surface area contributed by atoms with Crippen LogP contribution in [0.5, 0.6) is 0 Å². The van der Waals surface area contributed by atoms with Crippen LogP contribution >= 0.6 is 0 Å². The Morgan fingerprint density at radius 2 is 1.80 bits per heavy atom. The molecular weight excluding hydrogens is 250 g/mol. The van der Waals surface area contributed by atoms with Crippen LogP contribution in [-0.4, -0.2) is 31.5 Å². The predicted molar refractivity (Wildman–Crippen MR) is 80.6 cm³/mol. The number of hydrogen-bond donors (Lipinski definition) is 1. The maximum atomic E-state index is 6.29. The van der Waals surface area contributed by atoms with Crippen molar-refractivity contribution < 1.29 is 9.47 Å². The molecule has 0 aromatic heterocycles. The normalized spacial score (nSPS) is 37.4. The molecule has 2 N–H and O–H groups in total. The Bertz CT molecular complexity index is 296. The molecule has 2 saturated carbocycles. The predicted octanol–water partition coefficient (Wildman–Crippen LogP) is 3.26. The van der Waals surface area contributed by atoms with Crippen molar-refractivity contribution in [2.75, 3.05) is 19.8 Å². The fourth-order valence-corrected chi connectivity index (χ4v) is 4.57. The molecule has 3 atom stereocenters. The number of rotatable bonds is 4. The Balaban J connectivity index is 1.47. The lowest BCUT2D eigenvalue weighted by molar-refractivity contribution is -0.151. The van der Waals surface area contributed by atoms with Crippen molar-refractivity contribution in [3.05, 3.63) is 0 Å². The van der Waals surface area contributed by atoms with E-state index >= 15 is 0 Å². The molecule has 0 aromatic carbocycles. The minimum Gasteiger partial charge on any atom is -0.378 e. The zero-order chi connectivity index (χ0) is 13.8. The minimum atomic E-state index is 0.171. The van der Waals surface area contributed by atoms with Crippen molar-refractivity contribution in [3.8, 4) is 0 Å². The zero-order valence-electron chi connectivity index (χ0n) is 12.8. The lowest BCUT2D eigenvalue weighted by atomic mass is 9.79. The maximum Gasteiger partial charge on any atom is 0.0707 e. The van der Waals surface area contributed by atoms with E-state index in [4.69, 9.17) is 15.2 Å². The largest absolute Gasteiger partial charge is 0.378 e. The van der Waals surface area contributed by atoms with Gasteiger partial charge < -0.3 is 15.2 Å². The molecule has 20 heavy (non-hydrogen) atoms. The van der Waals surface area contributed by atoms with Crippen LogP contribution in [-0.2, 0) is 9.47 Å². The molecule has 0 bridgehead atoms. The highest BCUT2D eigenvalue weighted by Gasteiger charge is 2.39. The fraction of sp³-hybridized carbons (Fsp3) is 1.00. The second kappa shape index (κ2) is 6.76. The van der Waals surface area contributed by atoms with Gasteiger partial charge >= 0.3 is 0 Å². The van der Waals surface area contributed by atoms with Gasteiger partial charge in [-0.1, -0.05) is 25.7 Å². The molecule has 3 nitrogen and oxygen atoms in total. The summed E-state index contributed by atoms with van der Waals surface area (Å²) < 4.78 is 12.4. The molecule has 3 heteroatoms. The number of hydrogen-bond acceptors (Lipinski definition) is 3. The maximum absolute atomic E-state index is 6.29. The molecule has 1 spiro atoms. The first kappa shape index (κ1) is 14.8. The van der Waals surface area contributed by atoms with E-state index in [1.807, 2.05) is 0 Å². The van der Waals surface area contributed by atoms with Gasteiger partial charge in [0.1, 0.15) is 0 Å². The Kier molecular flexibility index (Phi) is 5.00. The highest BCUT2D eigenvalue weighted by Crippen LogP contribution is 2.40. The number of ether oxygens (including phenoxy) is 2. The van der Waals surface area contributed by atoms with Gasteiger partial charge in [0.15, 0.2) is 0 Å². The van der Waals surface area contributed by atoms with Gasteiger partial charge in [0.2, 0.25) is 0 Å². The van der Waals surface area contributed by atoms with Crippen molar-refractivity contribution >= 4 is 0 Å². The monoisotopic (exact) mass is 281 g/mol. The van der Waals surface area contributed by atoms with Gasteiger partial charge in [-0.3, -0.25) is 0 Å². The summed E-state index contributed by atoms with van der Waals surface area (Å²) in [6, 6.07) is 0. The standard InChI is InChI=1S/C17H31NO2/c18-12-14-5-4-6-15(14)13-19-16-7-10-20-17(11-16)8-2-1-3-9-17/h14-16H,1-13,18H2. The zero-order valence-corrected chi connectivity index (χ0v) is 12.8. The first-order valence-electron chi connectivity index (χ1n) is 8.77. The molecule has 3 unspecified atom stereocenters. The van der Waals surface area contributed by atoms with Crippen LogP contribution in [0, 0.1) is 11.8 Å². The van der Waals surface area contributed by atoms with E-state index in [0.717, 1.165) is 32.6 Å². The average molecular weight is 281 g/mol. The summed E-state index contributed by atoms with van der Waals surface area (Å²) in [5.41, 5.74) is 6.04. The van der Waals surface area contributed by atoms with E-state index in [1.54, 1.807) is 0 Å². The first-order valence-corrected chi connectivity index (χ1v) is 8.77. The van der Waals surface area contributed by atoms with Crippen molar-refractivity contribution in [1.29, 1.82) is 0 Å². The summed E-state index contributed by atoms with van der Waals surface area (Å²) in [7, 11) is 0. The molecule has 1 heterocycles. The summed E-state index contributed by atoms with van der Waals surface area (Å²) in [5, 5.41) is 0. The van der Waals surface area contributed by atoms with Gasteiger partial charge in [-0.05, 0) is 50.5 Å². The van der Waals surface area contributed by atoms with Crippen LogP contribution in [0.4, 0.5) is 0 Å². The fourth-order valence-electron chi connectivity index (χ4n) is 4.57. The van der Waals surface area contributed by atoms with E-state index in [9.17, 15) is 0 Å². The summed E-state index contributed by atoms with van der Waals surface area (Å²) in [6.07, 6.45) is 13.2. The van der Waals surface area contributed by atoms with Crippen LogP contribution in [0.2, 0.25) is 0 Å². The summed E-state index contributed by atoms with van der Waals surface area (Å²) in [4.78, 5) is 0. The quantitative estimate of drug-likeness (QED) is 0.860. The SMILES string of the molecule is NCC1CCCC1COC1CCOC2(CCCCC2)C1. The second-order valence-electron chi connectivity index (χ2n) is 7.23. The van der Waals surface area contributed by atoms with Gasteiger partial charge in [0.05, 0.1) is 18.3 Å². The molecule has 3 fully saturated rings. The van der Waals surface area contributed by atoms with Crippen LogP contribution in [0.1, 0.15) is 64.2 Å². The molecule has 2 aliphatic carbocycles. The highest BCUT2D eigenvalue weighted by molar-refractivity contribution is 4.90. The van der Waals surface area contributed by atoms with E-state index in [2.05, 4.69) is 0 Å². The molecular formula is C17H31NO2. The topological polar surface area (TPSA) is 44.5 Å². The van der Waals surface area contributed by atoms with Crippen LogP contribution in [0.25, 0.3) is 0 Å². The molecule has 0 radical (unpaired) electrons. The molecule has 116 valence electrons.